The molecule has 6 heteroatoms. The lowest BCUT2D eigenvalue weighted by Gasteiger charge is -2.22. The molecule has 1 aromatic rings. The maximum atomic E-state index is 13.8. The second kappa shape index (κ2) is 6.34. The van der Waals surface area contributed by atoms with E-state index in [2.05, 4.69) is 26.0 Å². The number of nitrogens with zero attached hydrogens (tertiary/aromatic N) is 2. The molecule has 1 fully saturated rings. The van der Waals surface area contributed by atoms with E-state index in [1.165, 1.54) is 6.07 Å². The normalized spacial score (nSPS) is 16.1. The summed E-state index contributed by atoms with van der Waals surface area (Å²) >= 11 is 3.25. The van der Waals surface area contributed by atoms with E-state index in [1.54, 1.807) is 6.07 Å². The number of halogens is 2. The lowest BCUT2D eigenvalue weighted by atomic mass is 10.2. The van der Waals surface area contributed by atoms with Gasteiger partial charge in [-0.05, 0) is 25.0 Å². The van der Waals surface area contributed by atoms with Crippen LogP contribution >= 0.6 is 15.9 Å². The first kappa shape index (κ1) is 14.3. The topological polar surface area (TPSA) is 61.8 Å². The fraction of sp³-hybridized carbons (Fsp3) is 0.462. The van der Waals surface area contributed by atoms with Gasteiger partial charge in [0, 0.05) is 35.6 Å². The van der Waals surface area contributed by atoms with Gasteiger partial charge in [-0.2, -0.15) is 0 Å². The fourth-order valence-electron chi connectivity index (χ4n) is 2.01. The zero-order valence-electron chi connectivity index (χ0n) is 10.5. The van der Waals surface area contributed by atoms with Crippen LogP contribution in [0.1, 0.15) is 24.8 Å². The maximum absolute atomic E-state index is 13.8. The van der Waals surface area contributed by atoms with Crippen LogP contribution < -0.4 is 5.73 Å². The van der Waals surface area contributed by atoms with Crippen molar-refractivity contribution in [2.75, 3.05) is 6.54 Å². The van der Waals surface area contributed by atoms with Crippen LogP contribution in [0.15, 0.2) is 27.8 Å². The average Bonchev–Trinajstić information content (AvgIpc) is 3.20. The first-order valence-electron chi connectivity index (χ1n) is 6.24. The van der Waals surface area contributed by atoms with Crippen molar-refractivity contribution < 1.29 is 9.60 Å². The number of nitrogens with two attached hydrogens (primary N) is 1. The van der Waals surface area contributed by atoms with Crippen molar-refractivity contribution >= 4 is 21.8 Å². The minimum atomic E-state index is -0.205. The molecule has 0 radical (unpaired) electrons. The van der Waals surface area contributed by atoms with Gasteiger partial charge in [0.25, 0.3) is 0 Å². The number of amidine groups is 1. The van der Waals surface area contributed by atoms with E-state index >= 15 is 0 Å². The quantitative estimate of drug-likeness (QED) is 0.365. The van der Waals surface area contributed by atoms with E-state index in [0.717, 1.165) is 17.3 Å². The van der Waals surface area contributed by atoms with Gasteiger partial charge in [0.05, 0.1) is 0 Å². The maximum Gasteiger partial charge on any atom is 0.140 e. The second-order valence-corrected chi connectivity index (χ2v) is 5.69. The van der Waals surface area contributed by atoms with Gasteiger partial charge in [-0.15, -0.1) is 0 Å². The molecule has 1 saturated carbocycles. The molecular weight excluding hydrogens is 313 g/mol. The summed E-state index contributed by atoms with van der Waals surface area (Å²) in [6.45, 7) is 1.23. The summed E-state index contributed by atoms with van der Waals surface area (Å²) in [6, 6.07) is 5.60. The Labute approximate surface area is 120 Å². The highest BCUT2D eigenvalue weighted by Crippen LogP contribution is 2.29. The number of hydrogen-bond donors (Lipinski definition) is 2. The molecule has 0 heterocycles. The third-order valence-corrected chi connectivity index (χ3v) is 3.73. The number of benzene rings is 1. The Morgan fingerprint density at radius 3 is 2.84 bits per heavy atom. The molecule has 104 valence electrons. The molecule has 0 saturated heterocycles. The summed E-state index contributed by atoms with van der Waals surface area (Å²) in [6.07, 6.45) is 2.76. The fourth-order valence-corrected chi connectivity index (χ4v) is 2.34. The molecule has 0 amide bonds. The Hall–Kier alpha value is -1.14. The van der Waals surface area contributed by atoms with Crippen molar-refractivity contribution in [1.29, 1.82) is 0 Å². The average molecular weight is 330 g/mol. The van der Waals surface area contributed by atoms with E-state index in [0.29, 0.717) is 31.1 Å². The zero-order valence-corrected chi connectivity index (χ0v) is 12.1. The summed E-state index contributed by atoms with van der Waals surface area (Å²) in [5.74, 6) is 0.00532. The van der Waals surface area contributed by atoms with Crippen LogP contribution in [-0.4, -0.2) is 28.5 Å². The van der Waals surface area contributed by atoms with E-state index < -0.39 is 0 Å². The number of hydrogen-bond acceptors (Lipinski definition) is 3. The van der Waals surface area contributed by atoms with Gasteiger partial charge in [0.15, 0.2) is 0 Å². The minimum absolute atomic E-state index is 0.205. The molecule has 0 bridgehead atoms. The summed E-state index contributed by atoms with van der Waals surface area (Å²) in [5.41, 5.74) is 6.15. The van der Waals surface area contributed by atoms with Gasteiger partial charge in [-0.3, -0.25) is 4.90 Å². The molecule has 4 nitrogen and oxygen atoms in total. The Morgan fingerprint density at radius 2 is 2.26 bits per heavy atom. The van der Waals surface area contributed by atoms with Crippen molar-refractivity contribution in [2.24, 2.45) is 10.9 Å². The van der Waals surface area contributed by atoms with Crippen molar-refractivity contribution in [3.8, 4) is 0 Å². The minimum Gasteiger partial charge on any atom is -0.409 e. The predicted octanol–water partition coefficient (Wildman–Crippen LogP) is 2.69. The molecule has 2 rings (SSSR count). The van der Waals surface area contributed by atoms with E-state index in [9.17, 15) is 4.39 Å². The highest BCUT2D eigenvalue weighted by Gasteiger charge is 2.29. The summed E-state index contributed by atoms with van der Waals surface area (Å²) in [7, 11) is 0. The Balaban J connectivity index is 2.00. The van der Waals surface area contributed by atoms with Gasteiger partial charge in [-0.1, -0.05) is 27.2 Å². The van der Waals surface area contributed by atoms with Gasteiger partial charge >= 0.3 is 0 Å². The monoisotopic (exact) mass is 329 g/mol. The molecule has 0 aromatic heterocycles. The number of rotatable bonds is 6. The number of oxime groups is 1. The van der Waals surface area contributed by atoms with Crippen molar-refractivity contribution in [3.63, 3.8) is 0 Å². The SMILES string of the molecule is NC(CCN(Cc1ccc(Br)cc1F)C1CC1)=NO. The van der Waals surface area contributed by atoms with Crippen molar-refractivity contribution in [2.45, 2.75) is 31.8 Å². The first-order chi connectivity index (χ1) is 9.10. The Bertz CT molecular complexity index is 477. The smallest absolute Gasteiger partial charge is 0.140 e. The van der Waals surface area contributed by atoms with Crippen LogP contribution in [0.5, 0.6) is 0 Å². The van der Waals surface area contributed by atoms with Gasteiger partial charge in [0.1, 0.15) is 11.7 Å². The lowest BCUT2D eigenvalue weighted by Crippen LogP contribution is -2.30. The lowest BCUT2D eigenvalue weighted by molar-refractivity contribution is 0.256. The highest BCUT2D eigenvalue weighted by molar-refractivity contribution is 9.10. The molecular formula is C13H17BrFN3O. The molecule has 1 aliphatic rings. The molecule has 19 heavy (non-hydrogen) atoms. The molecule has 0 unspecified atom stereocenters. The van der Waals surface area contributed by atoms with Crippen LogP contribution in [0.25, 0.3) is 0 Å². The van der Waals surface area contributed by atoms with E-state index in [1.807, 2.05) is 6.07 Å². The van der Waals surface area contributed by atoms with E-state index in [-0.39, 0.29) is 11.7 Å². The molecule has 0 aliphatic heterocycles. The molecule has 1 aromatic carbocycles. The zero-order chi connectivity index (χ0) is 13.8. The molecule has 0 atom stereocenters. The van der Waals surface area contributed by atoms with Crippen molar-refractivity contribution in [1.82, 2.24) is 4.90 Å². The van der Waals surface area contributed by atoms with Crippen molar-refractivity contribution in [3.05, 3.63) is 34.1 Å². The van der Waals surface area contributed by atoms with Crippen LogP contribution in [0.3, 0.4) is 0 Å². The van der Waals surface area contributed by atoms with Gasteiger partial charge < -0.3 is 10.9 Å². The molecule has 3 N–H and O–H groups in total. The summed E-state index contributed by atoms with van der Waals surface area (Å²) in [4.78, 5) is 2.18. The van der Waals surface area contributed by atoms with Gasteiger partial charge in [0.2, 0.25) is 0 Å². The van der Waals surface area contributed by atoms with Crippen LogP contribution in [0.4, 0.5) is 4.39 Å². The largest absolute Gasteiger partial charge is 0.409 e. The third-order valence-electron chi connectivity index (χ3n) is 3.24. The molecule has 1 aliphatic carbocycles. The van der Waals surface area contributed by atoms with Gasteiger partial charge in [-0.25, -0.2) is 4.39 Å². The van der Waals surface area contributed by atoms with E-state index in [4.69, 9.17) is 10.9 Å². The Morgan fingerprint density at radius 1 is 1.53 bits per heavy atom. The van der Waals surface area contributed by atoms with Crippen LogP contribution in [-0.2, 0) is 6.54 Å². The Kier molecular flexibility index (Phi) is 4.76. The van der Waals surface area contributed by atoms with Crippen LogP contribution in [0.2, 0.25) is 0 Å². The summed E-state index contributed by atoms with van der Waals surface area (Å²) < 4.78 is 14.6. The highest BCUT2D eigenvalue weighted by atomic mass is 79.9. The first-order valence-corrected chi connectivity index (χ1v) is 7.04. The van der Waals surface area contributed by atoms with Crippen LogP contribution in [0, 0.1) is 5.82 Å². The second-order valence-electron chi connectivity index (χ2n) is 4.78. The third kappa shape index (κ3) is 4.18. The predicted molar refractivity (Wildman–Crippen MR) is 75.6 cm³/mol. The molecule has 0 spiro atoms. The summed E-state index contributed by atoms with van der Waals surface area (Å²) in [5, 5.41) is 11.5. The standard InChI is InChI=1S/C13H17BrFN3O/c14-10-2-1-9(12(15)7-10)8-18(11-3-4-11)6-5-13(16)17-19/h1-2,7,11,19H,3-6,8H2,(H2,16,17).